The van der Waals surface area contributed by atoms with Crippen LogP contribution < -0.4 is 4.90 Å². The van der Waals surface area contributed by atoms with Crippen molar-refractivity contribution < 1.29 is 9.50 Å². The second kappa shape index (κ2) is 5.70. The zero-order valence-corrected chi connectivity index (χ0v) is 13.0. The molecule has 2 rings (SSSR count). The molecule has 0 amide bonds. The van der Waals surface area contributed by atoms with E-state index in [0.29, 0.717) is 23.1 Å². The predicted octanol–water partition coefficient (Wildman–Crippen LogP) is 2.57. The number of hydrogen-bond donors (Lipinski definition) is 1. The van der Waals surface area contributed by atoms with Crippen LogP contribution in [0.5, 0.6) is 0 Å². The summed E-state index contributed by atoms with van der Waals surface area (Å²) in [5.41, 5.74) is 2.28. The van der Waals surface area contributed by atoms with Crippen LogP contribution in [-0.4, -0.2) is 43.2 Å². The number of aliphatic hydroxyl groups excluding tert-OH is 1. The number of likely N-dealkylation sites (N-methyl/N-ethyl adjacent to an activating group) is 1. The third-order valence-corrected chi connectivity index (χ3v) is 4.33. The Labute approximate surface area is 121 Å². The monoisotopic (exact) mass is 280 g/mol. The van der Waals surface area contributed by atoms with Gasteiger partial charge in [0.2, 0.25) is 0 Å². The molecule has 0 aromatic heterocycles. The molecule has 1 aromatic carbocycles. The van der Waals surface area contributed by atoms with Crippen molar-refractivity contribution in [2.45, 2.75) is 32.9 Å². The van der Waals surface area contributed by atoms with Crippen molar-refractivity contribution in [3.8, 4) is 0 Å². The number of benzene rings is 1. The zero-order chi connectivity index (χ0) is 15.0. The van der Waals surface area contributed by atoms with Gasteiger partial charge >= 0.3 is 0 Å². The van der Waals surface area contributed by atoms with Gasteiger partial charge in [-0.1, -0.05) is 6.92 Å². The molecule has 3 nitrogen and oxygen atoms in total. The third kappa shape index (κ3) is 2.81. The fourth-order valence-electron chi connectivity index (χ4n) is 3.11. The lowest BCUT2D eigenvalue weighted by atomic mass is 10.0. The summed E-state index contributed by atoms with van der Waals surface area (Å²) in [6, 6.07) is 3.83. The zero-order valence-electron chi connectivity index (χ0n) is 13.0. The first-order valence-corrected chi connectivity index (χ1v) is 7.20. The van der Waals surface area contributed by atoms with E-state index in [1.165, 1.54) is 6.07 Å². The standard InChI is InChI=1S/C16H25FN2O/c1-10-6-15(13(12(3)20)7-14(10)17)19-8-11(2)16(9-19)18(4)5/h6-7,11-12,16,20H,8-9H2,1-5H3. The van der Waals surface area contributed by atoms with Gasteiger partial charge in [0.1, 0.15) is 5.82 Å². The quantitative estimate of drug-likeness (QED) is 0.922. The molecule has 1 aromatic rings. The van der Waals surface area contributed by atoms with E-state index in [-0.39, 0.29) is 5.82 Å². The van der Waals surface area contributed by atoms with Gasteiger partial charge in [0.05, 0.1) is 6.10 Å². The number of anilines is 1. The Morgan fingerprint density at radius 3 is 2.50 bits per heavy atom. The average molecular weight is 280 g/mol. The number of aliphatic hydroxyl groups is 1. The van der Waals surface area contributed by atoms with Crippen LogP contribution in [0.1, 0.15) is 31.1 Å². The maximum atomic E-state index is 13.8. The van der Waals surface area contributed by atoms with Crippen molar-refractivity contribution in [1.29, 1.82) is 0 Å². The highest BCUT2D eigenvalue weighted by molar-refractivity contribution is 5.57. The molecule has 4 heteroatoms. The van der Waals surface area contributed by atoms with E-state index in [0.717, 1.165) is 18.8 Å². The predicted molar refractivity (Wildman–Crippen MR) is 80.6 cm³/mol. The summed E-state index contributed by atoms with van der Waals surface area (Å²) in [5, 5.41) is 9.92. The van der Waals surface area contributed by atoms with E-state index >= 15 is 0 Å². The molecule has 20 heavy (non-hydrogen) atoms. The summed E-state index contributed by atoms with van der Waals surface area (Å²) in [5.74, 6) is 0.304. The van der Waals surface area contributed by atoms with E-state index in [4.69, 9.17) is 0 Å². The largest absolute Gasteiger partial charge is 0.389 e. The van der Waals surface area contributed by atoms with Gasteiger partial charge in [-0.25, -0.2) is 4.39 Å². The van der Waals surface area contributed by atoms with E-state index in [1.807, 2.05) is 6.07 Å². The van der Waals surface area contributed by atoms with Gasteiger partial charge in [0.15, 0.2) is 0 Å². The molecule has 1 aliphatic heterocycles. The van der Waals surface area contributed by atoms with Gasteiger partial charge in [-0.15, -0.1) is 0 Å². The van der Waals surface area contributed by atoms with Gasteiger partial charge in [-0.2, -0.15) is 0 Å². The van der Waals surface area contributed by atoms with Gasteiger partial charge in [0, 0.05) is 30.4 Å². The van der Waals surface area contributed by atoms with Gasteiger partial charge in [0.25, 0.3) is 0 Å². The van der Waals surface area contributed by atoms with E-state index in [1.54, 1.807) is 13.8 Å². The van der Waals surface area contributed by atoms with Crippen LogP contribution in [0.2, 0.25) is 0 Å². The van der Waals surface area contributed by atoms with Crippen molar-refractivity contribution >= 4 is 5.69 Å². The lowest BCUT2D eigenvalue weighted by Crippen LogP contribution is -2.34. The summed E-state index contributed by atoms with van der Waals surface area (Å²) in [4.78, 5) is 4.51. The lowest BCUT2D eigenvalue weighted by Gasteiger charge is -2.25. The van der Waals surface area contributed by atoms with E-state index in [2.05, 4.69) is 30.8 Å². The van der Waals surface area contributed by atoms with Crippen molar-refractivity contribution in [2.24, 2.45) is 5.92 Å². The van der Waals surface area contributed by atoms with E-state index in [9.17, 15) is 9.50 Å². The Kier molecular flexibility index (Phi) is 4.35. The molecular formula is C16H25FN2O. The fourth-order valence-corrected chi connectivity index (χ4v) is 3.11. The minimum absolute atomic E-state index is 0.249. The van der Waals surface area contributed by atoms with Crippen molar-refractivity contribution in [3.05, 3.63) is 29.1 Å². The molecule has 1 aliphatic rings. The van der Waals surface area contributed by atoms with Crippen LogP contribution in [0.25, 0.3) is 0 Å². The molecule has 0 spiro atoms. The molecule has 112 valence electrons. The molecule has 1 saturated heterocycles. The molecule has 0 radical (unpaired) electrons. The van der Waals surface area contributed by atoms with E-state index < -0.39 is 6.10 Å². The highest BCUT2D eigenvalue weighted by Crippen LogP contribution is 2.33. The summed E-state index contributed by atoms with van der Waals surface area (Å²) in [6.45, 7) is 7.56. The van der Waals surface area contributed by atoms with Crippen LogP contribution >= 0.6 is 0 Å². The van der Waals surface area contributed by atoms with Gasteiger partial charge < -0.3 is 14.9 Å². The van der Waals surface area contributed by atoms with Crippen LogP contribution in [0.15, 0.2) is 12.1 Å². The highest BCUT2D eigenvalue weighted by atomic mass is 19.1. The Morgan fingerprint density at radius 2 is 2.00 bits per heavy atom. The maximum absolute atomic E-state index is 13.8. The van der Waals surface area contributed by atoms with Gasteiger partial charge in [-0.05, 0) is 51.6 Å². The fraction of sp³-hybridized carbons (Fsp3) is 0.625. The number of nitrogens with zero attached hydrogens (tertiary/aromatic N) is 2. The van der Waals surface area contributed by atoms with Crippen LogP contribution in [0.3, 0.4) is 0 Å². The van der Waals surface area contributed by atoms with Crippen LogP contribution in [0.4, 0.5) is 10.1 Å². The Bertz CT molecular complexity index is 488. The topological polar surface area (TPSA) is 26.7 Å². The molecule has 3 unspecified atom stereocenters. The molecule has 1 heterocycles. The first kappa shape index (κ1) is 15.3. The molecule has 0 saturated carbocycles. The smallest absolute Gasteiger partial charge is 0.126 e. The number of halogens is 1. The summed E-state index contributed by atoms with van der Waals surface area (Å²) >= 11 is 0. The second-order valence-electron chi connectivity index (χ2n) is 6.25. The molecule has 1 N–H and O–H groups in total. The maximum Gasteiger partial charge on any atom is 0.126 e. The summed E-state index contributed by atoms with van der Waals surface area (Å²) < 4.78 is 13.8. The number of rotatable bonds is 3. The molecule has 1 fully saturated rings. The Hall–Kier alpha value is -1.13. The first-order chi connectivity index (χ1) is 9.31. The second-order valence-corrected chi connectivity index (χ2v) is 6.25. The minimum Gasteiger partial charge on any atom is -0.389 e. The highest BCUT2D eigenvalue weighted by Gasteiger charge is 2.32. The normalized spacial score (nSPS) is 24.5. The minimum atomic E-state index is -0.659. The van der Waals surface area contributed by atoms with Crippen molar-refractivity contribution in [1.82, 2.24) is 4.90 Å². The average Bonchev–Trinajstić information content (AvgIpc) is 2.74. The third-order valence-electron chi connectivity index (χ3n) is 4.33. The Morgan fingerprint density at radius 1 is 1.35 bits per heavy atom. The van der Waals surface area contributed by atoms with Gasteiger partial charge in [-0.3, -0.25) is 0 Å². The number of hydrogen-bond acceptors (Lipinski definition) is 3. The molecule has 0 aliphatic carbocycles. The van der Waals surface area contributed by atoms with Crippen molar-refractivity contribution in [2.75, 3.05) is 32.1 Å². The Balaban J connectivity index is 2.36. The summed E-state index contributed by atoms with van der Waals surface area (Å²) in [7, 11) is 4.19. The van der Waals surface area contributed by atoms with Crippen molar-refractivity contribution in [3.63, 3.8) is 0 Å². The molecule has 3 atom stereocenters. The number of aryl methyl sites for hydroxylation is 1. The SMILES string of the molecule is Cc1cc(N2CC(C)C(N(C)C)C2)c(C(C)O)cc1F. The molecule has 0 bridgehead atoms. The first-order valence-electron chi connectivity index (χ1n) is 7.20. The summed E-state index contributed by atoms with van der Waals surface area (Å²) in [6.07, 6.45) is -0.659. The van der Waals surface area contributed by atoms with Crippen LogP contribution in [0, 0.1) is 18.7 Å². The lowest BCUT2D eigenvalue weighted by molar-refractivity contribution is 0.199. The van der Waals surface area contributed by atoms with Crippen LogP contribution in [-0.2, 0) is 0 Å². The molecular weight excluding hydrogens is 255 g/mol.